The first-order chi connectivity index (χ1) is 8.06. The number of primary amides is 1. The molecule has 0 aliphatic carbocycles. The number of hydrogen-bond acceptors (Lipinski definition) is 5. The van der Waals surface area contributed by atoms with Gasteiger partial charge in [-0.15, -0.1) is 0 Å². The summed E-state index contributed by atoms with van der Waals surface area (Å²) in [5, 5.41) is 0.467. The minimum atomic E-state index is -0.525. The van der Waals surface area contributed by atoms with Crippen LogP contribution in [0.5, 0.6) is 0 Å². The third-order valence-electron chi connectivity index (χ3n) is 2.06. The highest BCUT2D eigenvalue weighted by molar-refractivity contribution is 7.99. The number of nitrogens with two attached hydrogens (primary N) is 2. The molecule has 0 atom stereocenters. The summed E-state index contributed by atoms with van der Waals surface area (Å²) in [5.74, 6) is -0.525. The molecular weight excluding hydrogens is 238 g/mol. The summed E-state index contributed by atoms with van der Waals surface area (Å²) in [6, 6.07) is 4.96. The van der Waals surface area contributed by atoms with Crippen molar-refractivity contribution in [1.82, 2.24) is 4.98 Å². The lowest BCUT2D eigenvalue weighted by Gasteiger charge is -2.04. The first-order valence-electron chi connectivity index (χ1n) is 4.85. The van der Waals surface area contributed by atoms with Gasteiger partial charge < -0.3 is 15.9 Å². The van der Waals surface area contributed by atoms with Gasteiger partial charge in [0.05, 0.1) is 11.3 Å². The number of carbonyl (C=O) groups excluding carboxylic acids is 1. The van der Waals surface area contributed by atoms with E-state index in [1.807, 2.05) is 6.92 Å². The summed E-state index contributed by atoms with van der Waals surface area (Å²) in [5.41, 5.74) is 12.5. The van der Waals surface area contributed by atoms with Crippen LogP contribution < -0.4 is 11.5 Å². The number of oxazole rings is 1. The highest BCUT2D eigenvalue weighted by Gasteiger charge is 2.12. The Morgan fingerprint density at radius 2 is 2.24 bits per heavy atom. The van der Waals surface area contributed by atoms with E-state index < -0.39 is 5.91 Å². The predicted octanol–water partition coefficient (Wildman–Crippen LogP) is 1.82. The number of rotatable bonds is 3. The summed E-state index contributed by atoms with van der Waals surface area (Å²) in [4.78, 5) is 16.1. The Balaban J connectivity index is 2.35. The smallest absolute Gasteiger partial charge is 0.260 e. The average molecular weight is 249 g/mol. The molecule has 0 aliphatic rings. The first-order valence-corrected chi connectivity index (χ1v) is 5.67. The van der Waals surface area contributed by atoms with Crippen LogP contribution in [-0.2, 0) is 0 Å². The number of amides is 1. The molecule has 0 spiro atoms. The number of aromatic nitrogens is 1. The van der Waals surface area contributed by atoms with Gasteiger partial charge in [0.15, 0.2) is 0 Å². The van der Waals surface area contributed by atoms with Crippen LogP contribution in [-0.4, -0.2) is 10.9 Å². The summed E-state index contributed by atoms with van der Waals surface area (Å²) in [6.07, 6.45) is 1.55. The van der Waals surface area contributed by atoms with Crippen molar-refractivity contribution >= 4 is 23.4 Å². The average Bonchev–Trinajstić information content (AvgIpc) is 2.66. The fourth-order valence-electron chi connectivity index (χ4n) is 1.30. The van der Waals surface area contributed by atoms with Gasteiger partial charge in [0.2, 0.25) is 5.91 Å². The van der Waals surface area contributed by atoms with Crippen LogP contribution in [0.2, 0.25) is 0 Å². The predicted molar refractivity (Wildman–Crippen MR) is 64.7 cm³/mol. The maximum atomic E-state index is 11.3. The molecule has 0 fully saturated rings. The lowest BCUT2D eigenvalue weighted by Crippen LogP contribution is -2.12. The van der Waals surface area contributed by atoms with Crippen LogP contribution in [0.4, 0.5) is 5.69 Å². The summed E-state index contributed by atoms with van der Waals surface area (Å²) in [6.45, 7) is 1.82. The molecule has 88 valence electrons. The van der Waals surface area contributed by atoms with Crippen molar-refractivity contribution in [2.24, 2.45) is 5.73 Å². The molecule has 4 N–H and O–H groups in total. The fourth-order valence-corrected chi connectivity index (χ4v) is 2.18. The van der Waals surface area contributed by atoms with Crippen LogP contribution in [0.1, 0.15) is 16.1 Å². The van der Waals surface area contributed by atoms with Crippen LogP contribution in [0.25, 0.3) is 0 Å². The summed E-state index contributed by atoms with van der Waals surface area (Å²) >= 11 is 1.24. The molecule has 5 nitrogen and oxygen atoms in total. The lowest BCUT2D eigenvalue weighted by molar-refractivity contribution is 0.0997. The summed E-state index contributed by atoms with van der Waals surface area (Å²) < 4.78 is 5.20. The van der Waals surface area contributed by atoms with E-state index in [9.17, 15) is 4.79 Å². The van der Waals surface area contributed by atoms with E-state index >= 15 is 0 Å². The van der Waals surface area contributed by atoms with Gasteiger partial charge in [-0.2, -0.15) is 0 Å². The molecule has 2 rings (SSSR count). The van der Waals surface area contributed by atoms with Crippen molar-refractivity contribution in [2.75, 3.05) is 5.73 Å². The van der Waals surface area contributed by atoms with E-state index in [-0.39, 0.29) is 0 Å². The van der Waals surface area contributed by atoms with Gasteiger partial charge >= 0.3 is 0 Å². The molecule has 17 heavy (non-hydrogen) atoms. The molecule has 1 aromatic carbocycles. The second-order valence-electron chi connectivity index (χ2n) is 3.48. The molecule has 0 saturated heterocycles. The minimum absolute atomic E-state index is 0.367. The minimum Gasteiger partial charge on any atom is -0.439 e. The Kier molecular flexibility index (Phi) is 3.06. The van der Waals surface area contributed by atoms with Crippen LogP contribution >= 0.6 is 11.8 Å². The zero-order valence-electron chi connectivity index (χ0n) is 9.14. The molecule has 0 bridgehead atoms. The maximum Gasteiger partial charge on any atom is 0.260 e. The van der Waals surface area contributed by atoms with Crippen molar-refractivity contribution in [2.45, 2.75) is 17.0 Å². The summed E-state index contributed by atoms with van der Waals surface area (Å²) in [7, 11) is 0. The van der Waals surface area contributed by atoms with E-state index in [4.69, 9.17) is 15.9 Å². The topological polar surface area (TPSA) is 95.1 Å². The van der Waals surface area contributed by atoms with Gasteiger partial charge in [-0.1, -0.05) is 0 Å². The standard InChI is InChI=1S/C11H11N3O2S/c1-6-5-16-11(14-6)17-9-3-2-7(12)4-8(9)10(13)15/h2-5H,12H2,1H3,(H2,13,15). The Bertz CT molecular complexity index is 566. The molecule has 0 saturated carbocycles. The zero-order chi connectivity index (χ0) is 12.4. The third-order valence-corrected chi connectivity index (χ3v) is 3.00. The second kappa shape index (κ2) is 4.50. The number of benzene rings is 1. The number of nitrogen functional groups attached to an aromatic ring is 1. The lowest BCUT2D eigenvalue weighted by atomic mass is 10.2. The number of anilines is 1. The van der Waals surface area contributed by atoms with Crippen molar-refractivity contribution in [3.8, 4) is 0 Å². The molecule has 0 radical (unpaired) electrons. The van der Waals surface area contributed by atoms with Crippen molar-refractivity contribution in [1.29, 1.82) is 0 Å². The van der Waals surface area contributed by atoms with Gasteiger partial charge in [-0.3, -0.25) is 4.79 Å². The second-order valence-corrected chi connectivity index (χ2v) is 4.47. The van der Waals surface area contributed by atoms with Crippen molar-refractivity contribution in [3.63, 3.8) is 0 Å². The van der Waals surface area contributed by atoms with Gasteiger partial charge in [0.25, 0.3) is 5.22 Å². The first kappa shape index (κ1) is 11.5. The Morgan fingerprint density at radius 1 is 1.47 bits per heavy atom. The molecule has 1 aromatic heterocycles. The molecule has 0 aliphatic heterocycles. The van der Waals surface area contributed by atoms with Crippen LogP contribution in [0, 0.1) is 6.92 Å². The van der Waals surface area contributed by atoms with Gasteiger partial charge in [-0.05, 0) is 36.9 Å². The van der Waals surface area contributed by atoms with E-state index in [2.05, 4.69) is 4.98 Å². The molecular formula is C11H11N3O2S. The number of nitrogens with zero attached hydrogens (tertiary/aromatic N) is 1. The van der Waals surface area contributed by atoms with Crippen molar-refractivity contribution < 1.29 is 9.21 Å². The fraction of sp³-hybridized carbons (Fsp3) is 0.0909. The molecule has 2 aromatic rings. The van der Waals surface area contributed by atoms with E-state index in [1.54, 1.807) is 24.5 Å². The van der Waals surface area contributed by atoms with E-state index in [1.165, 1.54) is 11.8 Å². The number of aryl methyl sites for hydroxylation is 1. The van der Waals surface area contributed by atoms with Crippen LogP contribution in [0.15, 0.2) is 39.0 Å². The highest BCUT2D eigenvalue weighted by Crippen LogP contribution is 2.30. The van der Waals surface area contributed by atoms with E-state index in [0.29, 0.717) is 21.4 Å². The molecule has 1 amide bonds. The highest BCUT2D eigenvalue weighted by atomic mass is 32.2. The number of carbonyl (C=O) groups is 1. The quantitative estimate of drug-likeness (QED) is 0.809. The molecule has 1 heterocycles. The zero-order valence-corrected chi connectivity index (χ0v) is 9.95. The van der Waals surface area contributed by atoms with Gasteiger partial charge in [0.1, 0.15) is 6.26 Å². The van der Waals surface area contributed by atoms with Crippen molar-refractivity contribution in [3.05, 3.63) is 35.7 Å². The van der Waals surface area contributed by atoms with Crippen LogP contribution in [0.3, 0.4) is 0 Å². The Morgan fingerprint density at radius 3 is 2.82 bits per heavy atom. The third kappa shape index (κ3) is 2.59. The normalized spacial score (nSPS) is 10.4. The SMILES string of the molecule is Cc1coc(Sc2ccc(N)cc2C(N)=O)n1. The Labute approximate surface area is 102 Å². The number of hydrogen-bond donors (Lipinski definition) is 2. The molecule has 0 unspecified atom stereocenters. The van der Waals surface area contributed by atoms with E-state index in [0.717, 1.165) is 5.69 Å². The largest absolute Gasteiger partial charge is 0.439 e. The molecule has 6 heteroatoms. The Hall–Kier alpha value is -1.95. The monoisotopic (exact) mass is 249 g/mol. The van der Waals surface area contributed by atoms with Gasteiger partial charge in [-0.25, -0.2) is 4.98 Å². The maximum absolute atomic E-state index is 11.3. The van der Waals surface area contributed by atoms with Gasteiger partial charge in [0, 0.05) is 10.6 Å².